The molecule has 1 aromatic rings. The predicted molar refractivity (Wildman–Crippen MR) is 73.2 cm³/mol. The van der Waals surface area contributed by atoms with Gasteiger partial charge in [0.15, 0.2) is 5.79 Å². The molecular formula is C15H18ClFO3. The summed E-state index contributed by atoms with van der Waals surface area (Å²) in [5.74, 6) is -0.884. The van der Waals surface area contributed by atoms with E-state index in [9.17, 15) is 9.50 Å². The van der Waals surface area contributed by atoms with Gasteiger partial charge in [0.25, 0.3) is 0 Å². The highest BCUT2D eigenvalue weighted by atomic mass is 35.5. The fraction of sp³-hybridized carbons (Fsp3) is 0.600. The smallest absolute Gasteiger partial charge is 0.168 e. The van der Waals surface area contributed by atoms with Gasteiger partial charge in [0.1, 0.15) is 5.82 Å². The second-order valence-corrected chi connectivity index (χ2v) is 6.12. The summed E-state index contributed by atoms with van der Waals surface area (Å²) < 4.78 is 25.1. The molecule has 1 aliphatic carbocycles. The standard InChI is InChI=1S/C15H18ClFO3/c16-12-2-1-3-13(17)11(12)10-14(18)4-6-15(7-5-14)19-8-9-20-15/h1-3,18H,4-10H2. The Bertz CT molecular complexity index is 470. The summed E-state index contributed by atoms with van der Waals surface area (Å²) in [7, 11) is 0. The molecule has 110 valence electrons. The molecule has 0 aromatic heterocycles. The van der Waals surface area contributed by atoms with E-state index in [0.29, 0.717) is 49.5 Å². The van der Waals surface area contributed by atoms with Crippen LogP contribution in [0, 0.1) is 5.82 Å². The van der Waals surface area contributed by atoms with E-state index in [2.05, 4.69) is 0 Å². The molecule has 1 aromatic carbocycles. The van der Waals surface area contributed by atoms with Crippen molar-refractivity contribution in [2.75, 3.05) is 13.2 Å². The highest BCUT2D eigenvalue weighted by Crippen LogP contribution is 2.42. The molecule has 2 fully saturated rings. The van der Waals surface area contributed by atoms with Crippen LogP contribution in [0.2, 0.25) is 5.02 Å². The molecule has 1 saturated carbocycles. The zero-order valence-corrected chi connectivity index (χ0v) is 12.0. The minimum atomic E-state index is -0.938. The van der Waals surface area contributed by atoms with Crippen LogP contribution in [0.25, 0.3) is 0 Å². The summed E-state index contributed by atoms with van der Waals surface area (Å²) in [4.78, 5) is 0. The minimum absolute atomic E-state index is 0.231. The monoisotopic (exact) mass is 300 g/mol. The summed E-state index contributed by atoms with van der Waals surface area (Å²) >= 11 is 6.03. The van der Waals surface area contributed by atoms with Crippen LogP contribution in [-0.4, -0.2) is 29.7 Å². The normalized spacial score (nSPS) is 24.1. The second kappa shape index (κ2) is 5.26. The first-order valence-corrected chi connectivity index (χ1v) is 7.33. The molecule has 0 atom stereocenters. The average Bonchev–Trinajstić information content (AvgIpc) is 2.88. The lowest BCUT2D eigenvalue weighted by atomic mass is 9.78. The van der Waals surface area contributed by atoms with E-state index in [1.54, 1.807) is 12.1 Å². The molecule has 1 saturated heterocycles. The summed E-state index contributed by atoms with van der Waals surface area (Å²) in [6.07, 6.45) is 2.55. The van der Waals surface area contributed by atoms with Gasteiger partial charge in [-0.2, -0.15) is 0 Å². The molecule has 0 unspecified atom stereocenters. The van der Waals surface area contributed by atoms with E-state index in [1.807, 2.05) is 0 Å². The van der Waals surface area contributed by atoms with Crippen molar-refractivity contribution < 1.29 is 19.0 Å². The van der Waals surface area contributed by atoms with Gasteiger partial charge in [-0.3, -0.25) is 0 Å². The van der Waals surface area contributed by atoms with Crippen LogP contribution in [0.3, 0.4) is 0 Å². The summed E-state index contributed by atoms with van der Waals surface area (Å²) in [5, 5.41) is 11.0. The highest BCUT2D eigenvalue weighted by molar-refractivity contribution is 6.31. The van der Waals surface area contributed by atoms with Crippen LogP contribution in [-0.2, 0) is 15.9 Å². The van der Waals surface area contributed by atoms with Crippen molar-refractivity contribution in [3.05, 3.63) is 34.6 Å². The molecule has 0 bridgehead atoms. The molecule has 20 heavy (non-hydrogen) atoms. The Labute approximate surface area is 122 Å². The number of benzene rings is 1. The number of ether oxygens (including phenoxy) is 2. The van der Waals surface area contributed by atoms with Crippen molar-refractivity contribution in [2.45, 2.75) is 43.5 Å². The van der Waals surface area contributed by atoms with Gasteiger partial charge >= 0.3 is 0 Å². The van der Waals surface area contributed by atoms with Crippen molar-refractivity contribution in [2.24, 2.45) is 0 Å². The van der Waals surface area contributed by atoms with Crippen molar-refractivity contribution in [3.63, 3.8) is 0 Å². The average molecular weight is 301 g/mol. The molecule has 1 aliphatic heterocycles. The first-order valence-electron chi connectivity index (χ1n) is 6.95. The third kappa shape index (κ3) is 2.70. The van der Waals surface area contributed by atoms with Gasteiger partial charge < -0.3 is 14.6 Å². The van der Waals surface area contributed by atoms with Crippen molar-refractivity contribution in [1.29, 1.82) is 0 Å². The molecule has 5 heteroatoms. The Kier molecular flexibility index (Phi) is 3.75. The topological polar surface area (TPSA) is 38.7 Å². The largest absolute Gasteiger partial charge is 0.390 e. The van der Waals surface area contributed by atoms with E-state index >= 15 is 0 Å². The molecule has 0 amide bonds. The Morgan fingerprint density at radius 2 is 1.80 bits per heavy atom. The number of hydrogen-bond donors (Lipinski definition) is 1. The summed E-state index contributed by atoms with van der Waals surface area (Å²) in [5.41, 5.74) is -0.548. The lowest BCUT2D eigenvalue weighted by molar-refractivity contribution is -0.202. The van der Waals surface area contributed by atoms with Crippen LogP contribution < -0.4 is 0 Å². The molecule has 3 nitrogen and oxygen atoms in total. The first-order chi connectivity index (χ1) is 9.52. The Morgan fingerprint density at radius 1 is 1.15 bits per heavy atom. The van der Waals surface area contributed by atoms with E-state index in [1.165, 1.54) is 6.07 Å². The summed E-state index contributed by atoms with van der Waals surface area (Å²) in [6.45, 7) is 1.22. The Balaban J connectivity index is 1.72. The third-order valence-electron chi connectivity index (χ3n) is 4.32. The van der Waals surface area contributed by atoms with Crippen molar-refractivity contribution >= 4 is 11.6 Å². The summed E-state index contributed by atoms with van der Waals surface area (Å²) in [6, 6.07) is 4.59. The Hall–Kier alpha value is -0.680. The van der Waals surface area contributed by atoms with Crippen LogP contribution in [0.1, 0.15) is 31.2 Å². The fourth-order valence-electron chi connectivity index (χ4n) is 3.09. The van der Waals surface area contributed by atoms with Gasteiger partial charge in [0.05, 0.1) is 18.8 Å². The molecule has 0 radical (unpaired) electrons. The number of halogens is 2. The molecule has 1 spiro atoms. The van der Waals surface area contributed by atoms with Gasteiger partial charge in [0, 0.05) is 29.8 Å². The van der Waals surface area contributed by atoms with Crippen LogP contribution in [0.5, 0.6) is 0 Å². The van der Waals surface area contributed by atoms with Crippen LogP contribution in [0.4, 0.5) is 4.39 Å². The molecule has 1 N–H and O–H groups in total. The van der Waals surface area contributed by atoms with Gasteiger partial charge in [-0.15, -0.1) is 0 Å². The number of rotatable bonds is 2. The lowest BCUT2D eigenvalue weighted by Gasteiger charge is -2.40. The lowest BCUT2D eigenvalue weighted by Crippen LogP contribution is -2.44. The van der Waals surface area contributed by atoms with Gasteiger partial charge in [0.2, 0.25) is 0 Å². The maximum Gasteiger partial charge on any atom is 0.168 e. The van der Waals surface area contributed by atoms with E-state index < -0.39 is 11.4 Å². The first kappa shape index (κ1) is 14.3. The third-order valence-corrected chi connectivity index (χ3v) is 4.68. The highest BCUT2D eigenvalue weighted by Gasteiger charge is 2.45. The fourth-order valence-corrected chi connectivity index (χ4v) is 3.32. The molecule has 2 aliphatic rings. The number of hydrogen-bond acceptors (Lipinski definition) is 3. The maximum atomic E-state index is 13.8. The van der Waals surface area contributed by atoms with E-state index in [4.69, 9.17) is 21.1 Å². The Morgan fingerprint density at radius 3 is 2.40 bits per heavy atom. The zero-order valence-electron chi connectivity index (χ0n) is 11.2. The predicted octanol–water partition coefficient (Wildman–Crippen LogP) is 3.07. The van der Waals surface area contributed by atoms with E-state index in [-0.39, 0.29) is 12.2 Å². The van der Waals surface area contributed by atoms with Crippen molar-refractivity contribution in [1.82, 2.24) is 0 Å². The minimum Gasteiger partial charge on any atom is -0.390 e. The zero-order chi connectivity index (χ0) is 14.2. The van der Waals surface area contributed by atoms with Crippen LogP contribution in [0.15, 0.2) is 18.2 Å². The quantitative estimate of drug-likeness (QED) is 0.912. The van der Waals surface area contributed by atoms with Crippen LogP contribution >= 0.6 is 11.6 Å². The maximum absolute atomic E-state index is 13.8. The molecule has 3 rings (SSSR count). The van der Waals surface area contributed by atoms with Gasteiger partial charge in [-0.25, -0.2) is 4.39 Å². The molecular weight excluding hydrogens is 283 g/mol. The van der Waals surface area contributed by atoms with E-state index in [0.717, 1.165) is 0 Å². The van der Waals surface area contributed by atoms with Crippen molar-refractivity contribution in [3.8, 4) is 0 Å². The molecule has 1 heterocycles. The SMILES string of the molecule is OC1(Cc2c(F)cccc2Cl)CCC2(CC1)OCCO2. The number of aliphatic hydroxyl groups is 1. The van der Waals surface area contributed by atoms with Gasteiger partial charge in [-0.1, -0.05) is 17.7 Å². The second-order valence-electron chi connectivity index (χ2n) is 5.71. The van der Waals surface area contributed by atoms with Gasteiger partial charge in [-0.05, 0) is 25.0 Å².